The third-order valence-corrected chi connectivity index (χ3v) is 0. The normalized spacial score (nSPS) is 14.2. The van der Waals surface area contributed by atoms with E-state index >= 15 is 0 Å². The first-order valence-electron chi connectivity index (χ1n) is 1.72. The molecular weight excluding hydrogens is 107 g/mol. The zero-order valence-electron chi connectivity index (χ0n) is 3.80. The third kappa shape index (κ3) is 13.4. The molecule has 0 nitrogen and oxygen atoms in total. The molecule has 0 bridgehead atoms. The molecule has 0 heterocycles. The van der Waals surface area contributed by atoms with E-state index in [-0.39, 0.29) is 0 Å². The van der Waals surface area contributed by atoms with Crippen molar-refractivity contribution in [1.29, 1.82) is 2.67 Å². The molecule has 0 aliphatic rings. The average Bonchev–Trinajstić information content (AvgIpc) is 1.36. The fraction of sp³-hybridized carbons (Fsp3) is 0. The van der Waals surface area contributed by atoms with Gasteiger partial charge in [-0.25, -0.2) is 0 Å². The Morgan fingerprint density at radius 3 is 2.75 bits per heavy atom. The van der Waals surface area contributed by atoms with Crippen molar-refractivity contribution in [2.45, 2.75) is 0 Å². The van der Waals surface area contributed by atoms with Crippen molar-refractivity contribution in [3.05, 3.63) is 0 Å². The predicted octanol–water partition coefficient (Wildman–Crippen LogP) is -0.923. The van der Waals surface area contributed by atoms with E-state index in [1.165, 1.54) is 0 Å². The highest BCUT2D eigenvalue weighted by molar-refractivity contribution is 8.56. The van der Waals surface area contributed by atoms with Crippen LogP contribution in [0.5, 0.6) is 0 Å². The molecule has 0 radical (unpaired) electrons. The Kier molecular flexibility index (Phi) is 1.11. The second kappa shape index (κ2) is 2.11. The van der Waals surface area contributed by atoms with Crippen LogP contribution in [-0.4, -0.2) is 9.72 Å². The van der Waals surface area contributed by atoms with Crippen molar-refractivity contribution in [3.63, 3.8) is 0 Å². The fourth-order valence-electron chi connectivity index (χ4n) is 0. The summed E-state index contributed by atoms with van der Waals surface area (Å²) in [5.74, 6) is 0. The molecule has 0 N–H and O–H groups in total. The molecule has 0 aliphatic carbocycles. The number of hydrogen-bond acceptors (Lipinski definition) is 3. The summed E-state index contributed by atoms with van der Waals surface area (Å²) in [4.78, 5) is 0. The molecule has 4 heavy (non-hydrogen) atoms. The van der Waals surface area contributed by atoms with Crippen molar-refractivity contribution in [3.8, 4) is 0 Å². The van der Waals surface area contributed by atoms with Crippen LogP contribution in [0.4, 0.5) is 0 Å². The lowest BCUT2D eigenvalue weighted by atomic mass is 10.8. The van der Waals surface area contributed by atoms with Gasteiger partial charge in [-0.05, 0) is 0 Å². The van der Waals surface area contributed by atoms with Crippen molar-refractivity contribution >= 4 is 37.3 Å². The SMILES string of the molecule is [2H]B([3H])[S-](=S)=S. The Hall–Kier alpha value is 0.855. The van der Waals surface area contributed by atoms with Gasteiger partial charge < -0.3 is 7.86 Å². The molecule has 0 fully saturated rings. The highest BCUT2D eigenvalue weighted by Crippen LogP contribution is 1.33. The van der Waals surface area contributed by atoms with Crippen LogP contribution in [0.1, 0.15) is 0 Å². The van der Waals surface area contributed by atoms with Crippen molar-refractivity contribution in [2.75, 3.05) is 0 Å². The number of hydrogen-bond donors (Lipinski definition) is 0. The zero-order valence-corrected chi connectivity index (χ0v) is 4.25. The van der Waals surface area contributed by atoms with Gasteiger partial charge in [0.15, 0.2) is 0 Å². The van der Waals surface area contributed by atoms with Gasteiger partial charge in [0.2, 0.25) is 0 Å². The minimum Gasteiger partial charge on any atom is -0.377 e. The summed E-state index contributed by atoms with van der Waals surface area (Å²) in [5, 5.41) is 0. The quantitative estimate of drug-likeness (QED) is 0.317. The highest BCUT2D eigenvalue weighted by Gasteiger charge is 1.18. The molecule has 0 spiro atoms. The van der Waals surface area contributed by atoms with Gasteiger partial charge in [0, 0.05) is 7.05 Å². The van der Waals surface area contributed by atoms with Gasteiger partial charge in [-0.15, -0.1) is 0 Å². The van der Waals surface area contributed by atoms with Crippen LogP contribution >= 0.6 is 0 Å². The Morgan fingerprint density at radius 2 is 2.75 bits per heavy atom. The van der Waals surface area contributed by atoms with Gasteiger partial charge in [0.25, 0.3) is 0 Å². The van der Waals surface area contributed by atoms with E-state index in [1.807, 2.05) is 0 Å². The maximum absolute atomic E-state index is 6.50. The summed E-state index contributed by atoms with van der Waals surface area (Å²) in [6.45, 7) is 0. The molecule has 0 saturated heterocycles. The maximum Gasteiger partial charge on any atom is 0.00711 e. The first-order valence-corrected chi connectivity index (χ1v) is 3.71. The summed E-state index contributed by atoms with van der Waals surface area (Å²) in [5.41, 5.74) is 0. The lowest BCUT2D eigenvalue weighted by Crippen LogP contribution is -1.53. The summed E-state index contributed by atoms with van der Waals surface area (Å²) < 4.78 is 13.0. The van der Waals surface area contributed by atoms with Crippen LogP contribution in [0.3, 0.4) is 0 Å². The Labute approximate surface area is 40.4 Å². The van der Waals surface area contributed by atoms with E-state index < -0.39 is 14.9 Å². The molecular formula is H2BS3-. The van der Waals surface area contributed by atoms with Crippen LogP contribution in [0, 0.1) is 0 Å². The minimum atomic E-state index is -0.991. The number of rotatable bonds is 1. The largest absolute Gasteiger partial charge is 0.377 e. The monoisotopic (exact) mass is 112 g/mol. The maximum atomic E-state index is 6.50. The smallest absolute Gasteiger partial charge is 0.00711 e. The molecule has 4 heteroatoms. The van der Waals surface area contributed by atoms with Gasteiger partial charge in [0.05, 0.1) is 0 Å². The first-order chi connectivity index (χ1) is 2.64. The second-order valence-electron chi connectivity index (χ2n) is 0.260. The lowest BCUT2D eigenvalue weighted by molar-refractivity contribution is 5.18. The van der Waals surface area contributed by atoms with E-state index in [0.717, 1.165) is 0 Å². The molecule has 0 aliphatic heterocycles. The van der Waals surface area contributed by atoms with E-state index in [2.05, 4.69) is 22.4 Å². The first kappa shape index (κ1) is 2.10. The third-order valence-electron chi connectivity index (χ3n) is 0. The predicted molar refractivity (Wildman–Crippen MR) is 30.6 cm³/mol. The van der Waals surface area contributed by atoms with Crippen LogP contribution in [0.2, 0.25) is 0 Å². The fourth-order valence-corrected chi connectivity index (χ4v) is 0. The zero-order chi connectivity index (χ0) is 5.15. The van der Waals surface area contributed by atoms with E-state index in [4.69, 9.17) is 2.67 Å². The van der Waals surface area contributed by atoms with E-state index in [0.29, 0.717) is 0 Å². The Balaban J connectivity index is 3.57. The van der Waals surface area contributed by atoms with Crippen molar-refractivity contribution < 1.29 is 0 Å². The average molecular weight is 112 g/mol. The summed E-state index contributed by atoms with van der Waals surface area (Å²) in [7, 11) is -1.86. The standard InChI is InChI=1S/BH2S3/c1-4(2)3/h1H2/q-1/i1TD. The van der Waals surface area contributed by atoms with Crippen molar-refractivity contribution in [1.82, 2.24) is 0 Å². The minimum absolute atomic E-state index is 0.867. The topological polar surface area (TPSA) is 0 Å². The molecule has 0 saturated carbocycles. The van der Waals surface area contributed by atoms with Gasteiger partial charge in [-0.2, -0.15) is 0 Å². The molecule has 0 unspecified atom stereocenters. The molecule has 0 aromatic heterocycles. The molecule has 0 aromatic rings. The van der Waals surface area contributed by atoms with Gasteiger partial charge in [-0.3, -0.25) is 22.4 Å². The molecule has 0 aromatic carbocycles. The summed E-state index contributed by atoms with van der Waals surface area (Å²) in [6, 6.07) is 0. The van der Waals surface area contributed by atoms with Gasteiger partial charge in [-0.1, -0.05) is 2.67 Å². The Morgan fingerprint density at radius 1 is 2.50 bits per heavy atom. The van der Waals surface area contributed by atoms with Crippen molar-refractivity contribution in [2.24, 2.45) is 0 Å². The second-order valence-corrected chi connectivity index (χ2v) is 3.57. The molecule has 24 valence electrons. The Bertz CT molecular complexity index is 85.0. The van der Waals surface area contributed by atoms with Gasteiger partial charge >= 0.3 is 0 Å². The summed E-state index contributed by atoms with van der Waals surface area (Å²) >= 11 is 8.74. The lowest BCUT2D eigenvalue weighted by Gasteiger charge is -1.68. The molecule has 0 rings (SSSR count). The van der Waals surface area contributed by atoms with Crippen LogP contribution < -0.4 is 0 Å². The van der Waals surface area contributed by atoms with E-state index in [1.54, 1.807) is 0 Å². The van der Waals surface area contributed by atoms with Crippen LogP contribution in [0.25, 0.3) is 0 Å². The highest BCUT2D eigenvalue weighted by atomic mass is 33.1. The van der Waals surface area contributed by atoms with Crippen LogP contribution in [0.15, 0.2) is 0 Å². The molecule has 0 amide bonds. The van der Waals surface area contributed by atoms with Gasteiger partial charge in [0.1, 0.15) is 0 Å². The van der Waals surface area contributed by atoms with Crippen LogP contribution in [-0.2, 0) is 30.2 Å². The summed E-state index contributed by atoms with van der Waals surface area (Å²) in [6.07, 6.45) is 0. The van der Waals surface area contributed by atoms with E-state index in [9.17, 15) is 0 Å². The molecule has 0 atom stereocenters.